The average molecular weight is 255 g/mol. The molecule has 0 amide bonds. The van der Waals surface area contributed by atoms with E-state index in [4.69, 9.17) is 17.3 Å². The van der Waals surface area contributed by atoms with Gasteiger partial charge in [-0.1, -0.05) is 50.8 Å². The van der Waals surface area contributed by atoms with Crippen molar-refractivity contribution in [3.05, 3.63) is 23.2 Å². The number of nitrogen functional groups attached to an aromatic ring is 1. The molecule has 17 heavy (non-hydrogen) atoms. The van der Waals surface area contributed by atoms with Crippen LogP contribution in [0.5, 0.6) is 0 Å². The average Bonchev–Trinajstić information content (AvgIpc) is 2.32. The second-order valence-corrected chi connectivity index (χ2v) is 4.91. The molecule has 0 aliphatic rings. The second-order valence-electron chi connectivity index (χ2n) is 4.50. The molecule has 0 aromatic heterocycles. The van der Waals surface area contributed by atoms with Crippen LogP contribution in [0.3, 0.4) is 0 Å². The summed E-state index contributed by atoms with van der Waals surface area (Å²) in [6.45, 7) is 5.41. The van der Waals surface area contributed by atoms with Crippen LogP contribution in [0, 0.1) is 5.92 Å². The molecule has 3 N–H and O–H groups in total. The Balaban J connectivity index is 2.53. The maximum absolute atomic E-state index is 6.12. The molecule has 1 atom stereocenters. The Hall–Kier alpha value is -0.890. The zero-order valence-corrected chi connectivity index (χ0v) is 11.6. The van der Waals surface area contributed by atoms with Crippen molar-refractivity contribution in [3.8, 4) is 0 Å². The minimum Gasteiger partial charge on any atom is -0.397 e. The quantitative estimate of drug-likeness (QED) is 0.701. The van der Waals surface area contributed by atoms with E-state index >= 15 is 0 Å². The largest absolute Gasteiger partial charge is 0.397 e. The van der Waals surface area contributed by atoms with Gasteiger partial charge in [-0.2, -0.15) is 0 Å². The van der Waals surface area contributed by atoms with Gasteiger partial charge in [0.2, 0.25) is 0 Å². The molecule has 1 rings (SSSR count). The maximum Gasteiger partial charge on any atom is 0.0763 e. The second kappa shape index (κ2) is 7.44. The first-order valence-corrected chi connectivity index (χ1v) is 6.84. The van der Waals surface area contributed by atoms with E-state index < -0.39 is 0 Å². The molecule has 0 bridgehead atoms. The summed E-state index contributed by atoms with van der Waals surface area (Å²) in [6, 6.07) is 5.62. The van der Waals surface area contributed by atoms with Crippen molar-refractivity contribution in [2.24, 2.45) is 5.92 Å². The zero-order chi connectivity index (χ0) is 12.7. The van der Waals surface area contributed by atoms with E-state index in [2.05, 4.69) is 19.2 Å². The summed E-state index contributed by atoms with van der Waals surface area (Å²) in [7, 11) is 0. The molecule has 1 aromatic carbocycles. The number of benzene rings is 1. The first kappa shape index (κ1) is 14.2. The fourth-order valence-electron chi connectivity index (χ4n) is 1.92. The summed E-state index contributed by atoms with van der Waals surface area (Å²) in [4.78, 5) is 0. The van der Waals surface area contributed by atoms with Gasteiger partial charge in [0.05, 0.1) is 16.4 Å². The minimum absolute atomic E-state index is 0.700. The highest BCUT2D eigenvalue weighted by Gasteiger charge is 2.08. The number of para-hydroxylation sites is 1. The van der Waals surface area contributed by atoms with Gasteiger partial charge in [0, 0.05) is 6.54 Å². The Morgan fingerprint density at radius 1 is 1.35 bits per heavy atom. The lowest BCUT2D eigenvalue weighted by atomic mass is 9.99. The molecule has 0 spiro atoms. The number of unbranched alkanes of at least 4 members (excludes halogenated alkanes) is 1. The van der Waals surface area contributed by atoms with Crippen LogP contribution in [0.1, 0.15) is 39.5 Å². The normalized spacial score (nSPS) is 12.4. The number of rotatable bonds is 7. The molecule has 0 aliphatic carbocycles. The van der Waals surface area contributed by atoms with Crippen molar-refractivity contribution >= 4 is 23.0 Å². The lowest BCUT2D eigenvalue weighted by molar-refractivity contribution is 0.473. The van der Waals surface area contributed by atoms with Crippen LogP contribution in [-0.4, -0.2) is 6.54 Å². The van der Waals surface area contributed by atoms with E-state index in [0.29, 0.717) is 10.9 Å². The van der Waals surface area contributed by atoms with E-state index in [-0.39, 0.29) is 0 Å². The number of nitrogens with one attached hydrogen (secondary N) is 1. The zero-order valence-electron chi connectivity index (χ0n) is 10.8. The Morgan fingerprint density at radius 2 is 2.12 bits per heavy atom. The maximum atomic E-state index is 6.12. The Kier molecular flexibility index (Phi) is 6.20. The first-order chi connectivity index (χ1) is 8.19. The van der Waals surface area contributed by atoms with Gasteiger partial charge in [0.15, 0.2) is 0 Å². The van der Waals surface area contributed by atoms with Crippen LogP contribution in [0.2, 0.25) is 5.02 Å². The molecule has 0 aliphatic heterocycles. The van der Waals surface area contributed by atoms with E-state index in [1.54, 1.807) is 0 Å². The van der Waals surface area contributed by atoms with Gasteiger partial charge >= 0.3 is 0 Å². The van der Waals surface area contributed by atoms with E-state index in [0.717, 1.165) is 17.9 Å². The molecule has 2 nitrogen and oxygen atoms in total. The molecule has 96 valence electrons. The lowest BCUT2D eigenvalue weighted by Crippen LogP contribution is -2.14. The molecule has 0 fully saturated rings. The van der Waals surface area contributed by atoms with E-state index in [9.17, 15) is 0 Å². The van der Waals surface area contributed by atoms with Crippen LogP contribution in [0.4, 0.5) is 11.4 Å². The van der Waals surface area contributed by atoms with Crippen LogP contribution < -0.4 is 11.1 Å². The van der Waals surface area contributed by atoms with Gasteiger partial charge < -0.3 is 11.1 Å². The smallest absolute Gasteiger partial charge is 0.0763 e. The van der Waals surface area contributed by atoms with Crippen LogP contribution in [0.15, 0.2) is 18.2 Å². The number of hydrogen-bond acceptors (Lipinski definition) is 2. The van der Waals surface area contributed by atoms with Crippen molar-refractivity contribution in [2.45, 2.75) is 39.5 Å². The fourth-order valence-corrected chi connectivity index (χ4v) is 2.17. The topological polar surface area (TPSA) is 38.0 Å². The molecular formula is C14H23ClN2. The predicted molar refractivity (Wildman–Crippen MR) is 77.7 cm³/mol. The van der Waals surface area contributed by atoms with Crippen LogP contribution in [0.25, 0.3) is 0 Å². The van der Waals surface area contributed by atoms with Crippen molar-refractivity contribution in [2.75, 3.05) is 17.6 Å². The highest BCUT2D eigenvalue weighted by Crippen LogP contribution is 2.28. The lowest BCUT2D eigenvalue weighted by Gasteiger charge is -2.17. The molecule has 1 aromatic rings. The van der Waals surface area contributed by atoms with Crippen molar-refractivity contribution in [1.82, 2.24) is 0 Å². The van der Waals surface area contributed by atoms with Crippen molar-refractivity contribution in [3.63, 3.8) is 0 Å². The van der Waals surface area contributed by atoms with Gasteiger partial charge in [-0.15, -0.1) is 0 Å². The Morgan fingerprint density at radius 3 is 2.71 bits per heavy atom. The predicted octanol–water partition coefficient (Wildman–Crippen LogP) is 4.55. The molecule has 0 saturated carbocycles. The summed E-state index contributed by atoms with van der Waals surface area (Å²) in [5.41, 5.74) is 7.51. The summed E-state index contributed by atoms with van der Waals surface area (Å²) in [5, 5.41) is 4.09. The number of anilines is 2. The summed E-state index contributed by atoms with van der Waals surface area (Å²) < 4.78 is 0. The molecular weight excluding hydrogens is 232 g/mol. The summed E-state index contributed by atoms with van der Waals surface area (Å²) in [6.07, 6.45) is 5.00. The standard InChI is InChI=1S/C14H23ClN2/c1-3-5-7-11(4-2)10-17-14-12(15)8-6-9-13(14)16/h6,8-9,11,17H,3-5,7,10,16H2,1-2H3. The van der Waals surface area contributed by atoms with Crippen molar-refractivity contribution < 1.29 is 0 Å². The van der Waals surface area contributed by atoms with Crippen LogP contribution >= 0.6 is 11.6 Å². The monoisotopic (exact) mass is 254 g/mol. The number of nitrogens with two attached hydrogens (primary N) is 1. The Bertz CT molecular complexity index is 319. The summed E-state index contributed by atoms with van der Waals surface area (Å²) >= 11 is 6.12. The van der Waals surface area contributed by atoms with Gasteiger partial charge in [-0.25, -0.2) is 0 Å². The highest BCUT2D eigenvalue weighted by molar-refractivity contribution is 6.33. The molecule has 1 unspecified atom stereocenters. The van der Waals surface area contributed by atoms with Crippen LogP contribution in [-0.2, 0) is 0 Å². The third-order valence-corrected chi connectivity index (χ3v) is 3.47. The van der Waals surface area contributed by atoms with Crippen molar-refractivity contribution in [1.29, 1.82) is 0 Å². The van der Waals surface area contributed by atoms with Gasteiger partial charge in [0.25, 0.3) is 0 Å². The molecule has 0 heterocycles. The molecule has 0 saturated heterocycles. The minimum atomic E-state index is 0.700. The van der Waals surface area contributed by atoms with Gasteiger partial charge in [0.1, 0.15) is 0 Å². The fraction of sp³-hybridized carbons (Fsp3) is 0.571. The molecule has 0 radical (unpaired) electrons. The third-order valence-electron chi connectivity index (χ3n) is 3.16. The van der Waals surface area contributed by atoms with Gasteiger partial charge in [-0.05, 0) is 24.5 Å². The number of hydrogen-bond donors (Lipinski definition) is 2. The number of halogens is 1. The molecule has 3 heteroatoms. The summed E-state index contributed by atoms with van der Waals surface area (Å²) in [5.74, 6) is 0.700. The highest BCUT2D eigenvalue weighted by atomic mass is 35.5. The van der Waals surface area contributed by atoms with E-state index in [1.807, 2.05) is 18.2 Å². The SMILES string of the molecule is CCCCC(CC)CNc1c(N)cccc1Cl. The Labute approximate surface area is 110 Å². The van der Waals surface area contributed by atoms with E-state index in [1.165, 1.54) is 25.7 Å². The van der Waals surface area contributed by atoms with Gasteiger partial charge in [-0.3, -0.25) is 0 Å². The first-order valence-electron chi connectivity index (χ1n) is 6.46. The third kappa shape index (κ3) is 4.47.